The van der Waals surface area contributed by atoms with Gasteiger partial charge < -0.3 is 9.88 Å². The zero-order chi connectivity index (χ0) is 11.5. The molecule has 1 aromatic heterocycles. The fourth-order valence-corrected chi connectivity index (χ4v) is 2.83. The fraction of sp³-hybridized carbons (Fsp3) is 0.467. The first-order valence-corrected chi connectivity index (χ1v) is 6.68. The highest BCUT2D eigenvalue weighted by Gasteiger charge is 2.12. The Morgan fingerprint density at radius 3 is 3.06 bits per heavy atom. The summed E-state index contributed by atoms with van der Waals surface area (Å²) in [6, 6.07) is 10.9. The molecule has 17 heavy (non-hydrogen) atoms. The van der Waals surface area contributed by atoms with E-state index in [1.807, 2.05) is 0 Å². The molecule has 90 valence electrons. The summed E-state index contributed by atoms with van der Waals surface area (Å²) >= 11 is 0. The van der Waals surface area contributed by atoms with Gasteiger partial charge in [0.1, 0.15) is 0 Å². The lowest BCUT2D eigenvalue weighted by atomic mass is 9.96. The number of fused-ring (bicyclic) bond motifs is 1. The first-order valence-electron chi connectivity index (χ1n) is 6.68. The monoisotopic (exact) mass is 228 g/mol. The van der Waals surface area contributed by atoms with Crippen molar-refractivity contribution in [3.05, 3.63) is 36.5 Å². The van der Waals surface area contributed by atoms with E-state index in [2.05, 4.69) is 46.4 Å². The Morgan fingerprint density at radius 1 is 1.24 bits per heavy atom. The number of nitrogens with zero attached hydrogens (tertiary/aromatic N) is 1. The van der Waals surface area contributed by atoms with E-state index in [-0.39, 0.29) is 0 Å². The minimum absolute atomic E-state index is 0.866. The van der Waals surface area contributed by atoms with E-state index in [1.54, 1.807) is 0 Å². The summed E-state index contributed by atoms with van der Waals surface area (Å²) in [5.74, 6) is 0.866. The van der Waals surface area contributed by atoms with E-state index in [0.717, 1.165) is 12.5 Å². The minimum Gasteiger partial charge on any atom is -0.347 e. The van der Waals surface area contributed by atoms with E-state index in [1.165, 1.54) is 43.3 Å². The van der Waals surface area contributed by atoms with Crippen LogP contribution < -0.4 is 5.32 Å². The maximum atomic E-state index is 3.49. The predicted molar refractivity (Wildman–Crippen MR) is 72.1 cm³/mol. The molecule has 1 aliphatic rings. The summed E-state index contributed by atoms with van der Waals surface area (Å²) in [5.41, 5.74) is 1.37. The van der Waals surface area contributed by atoms with Gasteiger partial charge in [0.05, 0.1) is 0 Å². The molecule has 0 aliphatic carbocycles. The summed E-state index contributed by atoms with van der Waals surface area (Å²) in [4.78, 5) is 0. The Kier molecular flexibility index (Phi) is 3.14. The molecule has 1 aromatic carbocycles. The topological polar surface area (TPSA) is 17.0 Å². The maximum absolute atomic E-state index is 3.49. The SMILES string of the molecule is c1ccc2c(c1)ccn2CCC1CCCNC1. The number of nitrogens with one attached hydrogen (secondary N) is 1. The molecule has 2 nitrogen and oxygen atoms in total. The van der Waals surface area contributed by atoms with Crippen molar-refractivity contribution in [2.75, 3.05) is 13.1 Å². The van der Waals surface area contributed by atoms with Gasteiger partial charge in [0.25, 0.3) is 0 Å². The number of benzene rings is 1. The van der Waals surface area contributed by atoms with Crippen LogP contribution in [0.2, 0.25) is 0 Å². The molecule has 3 rings (SSSR count). The first-order chi connectivity index (χ1) is 8.43. The highest BCUT2D eigenvalue weighted by atomic mass is 15.0. The van der Waals surface area contributed by atoms with E-state index < -0.39 is 0 Å². The quantitative estimate of drug-likeness (QED) is 0.854. The van der Waals surface area contributed by atoms with Crippen molar-refractivity contribution in [3.63, 3.8) is 0 Å². The molecular formula is C15H20N2. The van der Waals surface area contributed by atoms with Crippen LogP contribution in [0.4, 0.5) is 0 Å². The number of rotatable bonds is 3. The molecule has 0 radical (unpaired) electrons. The van der Waals surface area contributed by atoms with Crippen LogP contribution in [-0.4, -0.2) is 17.7 Å². The van der Waals surface area contributed by atoms with Gasteiger partial charge in [-0.05, 0) is 55.8 Å². The maximum Gasteiger partial charge on any atom is 0.0480 e. The Hall–Kier alpha value is -1.28. The van der Waals surface area contributed by atoms with Crippen molar-refractivity contribution < 1.29 is 0 Å². The number of hydrogen-bond acceptors (Lipinski definition) is 1. The lowest BCUT2D eigenvalue weighted by Gasteiger charge is -2.22. The minimum atomic E-state index is 0.866. The van der Waals surface area contributed by atoms with Crippen molar-refractivity contribution in [2.45, 2.75) is 25.8 Å². The van der Waals surface area contributed by atoms with Gasteiger partial charge in [-0.2, -0.15) is 0 Å². The van der Waals surface area contributed by atoms with Crippen molar-refractivity contribution in [1.82, 2.24) is 9.88 Å². The summed E-state index contributed by atoms with van der Waals surface area (Å²) in [6.45, 7) is 3.57. The average Bonchev–Trinajstić information content (AvgIpc) is 2.81. The Bertz CT molecular complexity index is 480. The molecule has 1 atom stereocenters. The largest absolute Gasteiger partial charge is 0.347 e. The lowest BCUT2D eigenvalue weighted by Crippen LogP contribution is -2.30. The molecule has 2 aromatic rings. The van der Waals surface area contributed by atoms with Crippen molar-refractivity contribution in [1.29, 1.82) is 0 Å². The third-order valence-electron chi connectivity index (χ3n) is 3.86. The highest BCUT2D eigenvalue weighted by molar-refractivity contribution is 5.79. The van der Waals surface area contributed by atoms with Crippen LogP contribution in [0.15, 0.2) is 36.5 Å². The van der Waals surface area contributed by atoms with Crippen LogP contribution in [0.5, 0.6) is 0 Å². The standard InChI is InChI=1S/C15H20N2/c1-2-6-15-14(5-1)8-11-17(15)10-7-13-4-3-9-16-12-13/h1-2,5-6,8,11,13,16H,3-4,7,9-10,12H2. The van der Waals surface area contributed by atoms with Gasteiger partial charge in [-0.25, -0.2) is 0 Å². The van der Waals surface area contributed by atoms with Crippen LogP contribution in [0.3, 0.4) is 0 Å². The Balaban J connectivity index is 1.68. The first kappa shape index (κ1) is 10.8. The Labute approximate surface area is 103 Å². The van der Waals surface area contributed by atoms with E-state index >= 15 is 0 Å². The smallest absolute Gasteiger partial charge is 0.0480 e. The predicted octanol–water partition coefficient (Wildman–Crippen LogP) is 3.03. The fourth-order valence-electron chi connectivity index (χ4n) is 2.83. The highest BCUT2D eigenvalue weighted by Crippen LogP contribution is 2.19. The van der Waals surface area contributed by atoms with Gasteiger partial charge >= 0.3 is 0 Å². The number of para-hydroxylation sites is 1. The van der Waals surface area contributed by atoms with Crippen LogP contribution in [0.1, 0.15) is 19.3 Å². The molecule has 1 N–H and O–H groups in total. The van der Waals surface area contributed by atoms with E-state index in [4.69, 9.17) is 0 Å². The van der Waals surface area contributed by atoms with Gasteiger partial charge in [0.2, 0.25) is 0 Å². The second kappa shape index (κ2) is 4.92. The number of piperidine rings is 1. The third-order valence-corrected chi connectivity index (χ3v) is 3.86. The summed E-state index contributed by atoms with van der Waals surface area (Å²) in [7, 11) is 0. The summed E-state index contributed by atoms with van der Waals surface area (Å²) < 4.78 is 2.39. The molecule has 2 heterocycles. The van der Waals surface area contributed by atoms with Crippen LogP contribution >= 0.6 is 0 Å². The van der Waals surface area contributed by atoms with Crippen molar-refractivity contribution in [2.24, 2.45) is 5.92 Å². The molecular weight excluding hydrogens is 208 g/mol. The van der Waals surface area contributed by atoms with E-state index in [0.29, 0.717) is 0 Å². The zero-order valence-corrected chi connectivity index (χ0v) is 10.2. The second-order valence-corrected chi connectivity index (χ2v) is 5.07. The van der Waals surface area contributed by atoms with Crippen LogP contribution in [0, 0.1) is 5.92 Å². The van der Waals surface area contributed by atoms with Gasteiger partial charge in [0.15, 0.2) is 0 Å². The van der Waals surface area contributed by atoms with Gasteiger partial charge in [-0.1, -0.05) is 18.2 Å². The molecule has 1 saturated heterocycles. The number of hydrogen-bond donors (Lipinski definition) is 1. The summed E-state index contributed by atoms with van der Waals surface area (Å²) in [5, 5.41) is 4.85. The molecule has 0 saturated carbocycles. The molecule has 0 spiro atoms. The number of aromatic nitrogens is 1. The van der Waals surface area contributed by atoms with E-state index in [9.17, 15) is 0 Å². The lowest BCUT2D eigenvalue weighted by molar-refractivity contribution is 0.343. The molecule has 1 unspecified atom stereocenters. The Morgan fingerprint density at radius 2 is 2.18 bits per heavy atom. The molecule has 0 bridgehead atoms. The zero-order valence-electron chi connectivity index (χ0n) is 10.2. The normalized spacial score (nSPS) is 20.8. The third kappa shape index (κ3) is 2.37. The molecule has 1 fully saturated rings. The van der Waals surface area contributed by atoms with Gasteiger partial charge in [-0.3, -0.25) is 0 Å². The van der Waals surface area contributed by atoms with Crippen LogP contribution in [-0.2, 0) is 6.54 Å². The number of aryl methyl sites for hydroxylation is 1. The molecule has 2 heteroatoms. The van der Waals surface area contributed by atoms with Crippen molar-refractivity contribution in [3.8, 4) is 0 Å². The molecule has 1 aliphatic heterocycles. The van der Waals surface area contributed by atoms with Crippen LogP contribution in [0.25, 0.3) is 10.9 Å². The second-order valence-electron chi connectivity index (χ2n) is 5.07. The average molecular weight is 228 g/mol. The molecule has 0 amide bonds. The van der Waals surface area contributed by atoms with Gasteiger partial charge in [-0.15, -0.1) is 0 Å². The summed E-state index contributed by atoms with van der Waals surface area (Å²) in [6.07, 6.45) is 6.26. The van der Waals surface area contributed by atoms with Gasteiger partial charge in [0, 0.05) is 18.3 Å². The van der Waals surface area contributed by atoms with Crippen molar-refractivity contribution >= 4 is 10.9 Å².